The van der Waals surface area contributed by atoms with E-state index in [1.165, 1.54) is 57.8 Å². The zero-order valence-electron chi connectivity index (χ0n) is 39.6. The van der Waals surface area contributed by atoms with Crippen LogP contribution < -0.4 is 0 Å². The van der Waals surface area contributed by atoms with Gasteiger partial charge in [0.15, 0.2) is 12.4 Å². The van der Waals surface area contributed by atoms with Crippen molar-refractivity contribution in [1.29, 1.82) is 0 Å². The third-order valence-electron chi connectivity index (χ3n) is 11.1. The maximum Gasteiger partial charge on any atom is 0.306 e. The van der Waals surface area contributed by atoms with Crippen molar-refractivity contribution in [2.24, 2.45) is 0 Å². The molecule has 0 aromatic heterocycles. The van der Waals surface area contributed by atoms with Gasteiger partial charge in [-0.2, -0.15) is 8.42 Å². The second-order valence-electron chi connectivity index (χ2n) is 17.1. The molecule has 0 radical (unpaired) electrons. The van der Waals surface area contributed by atoms with Gasteiger partial charge in [-0.25, -0.2) is 0 Å². The van der Waals surface area contributed by atoms with Crippen molar-refractivity contribution in [2.45, 2.75) is 230 Å². The molecule has 0 saturated carbocycles. The van der Waals surface area contributed by atoms with Crippen LogP contribution in [0, 0.1) is 0 Å². The lowest BCUT2D eigenvalue weighted by atomic mass is 10.00. The first-order valence-corrected chi connectivity index (χ1v) is 26.5. The molecule has 1 aliphatic heterocycles. The van der Waals surface area contributed by atoms with Crippen molar-refractivity contribution in [1.82, 2.24) is 0 Å². The molecule has 0 amide bonds. The van der Waals surface area contributed by atoms with Gasteiger partial charge in [0.2, 0.25) is 0 Å². The first-order chi connectivity index (χ1) is 31.0. The molecule has 0 aliphatic carbocycles. The summed E-state index contributed by atoms with van der Waals surface area (Å²) in [5.74, 6) is -2.01. The number of carbonyl (C=O) groups is 2. The summed E-state index contributed by atoms with van der Waals surface area (Å²) < 4.78 is 54.2. The molecule has 13 heteroatoms. The number of aliphatic hydroxyl groups excluding tert-OH is 3. The molecule has 1 rings (SSSR count). The van der Waals surface area contributed by atoms with E-state index < -0.39 is 71.2 Å². The van der Waals surface area contributed by atoms with E-state index in [4.69, 9.17) is 18.9 Å². The number of esters is 2. The van der Waals surface area contributed by atoms with Crippen LogP contribution in [0.15, 0.2) is 60.8 Å². The number of hydrogen-bond donors (Lipinski definition) is 4. The van der Waals surface area contributed by atoms with E-state index in [-0.39, 0.29) is 19.4 Å². The second-order valence-corrected chi connectivity index (χ2v) is 18.6. The van der Waals surface area contributed by atoms with E-state index in [1.54, 1.807) is 0 Å². The average Bonchev–Trinajstić information content (AvgIpc) is 3.26. The Morgan fingerprint density at radius 3 is 1.48 bits per heavy atom. The summed E-state index contributed by atoms with van der Waals surface area (Å²) in [5.41, 5.74) is 0. The lowest BCUT2D eigenvalue weighted by Crippen LogP contribution is -2.60. The van der Waals surface area contributed by atoms with Crippen molar-refractivity contribution >= 4 is 22.1 Å². The summed E-state index contributed by atoms with van der Waals surface area (Å²) in [6.07, 6.45) is 41.1. The Hall–Kier alpha value is -2.65. The molecule has 4 N–H and O–H groups in total. The molecule has 1 aliphatic rings. The molecule has 0 aromatic rings. The molecule has 0 bridgehead atoms. The highest BCUT2D eigenvalue weighted by Gasteiger charge is 2.46. The lowest BCUT2D eigenvalue weighted by Gasteiger charge is -2.40. The normalized spacial score (nSPS) is 20.1. The average molecular weight is 925 g/mol. The van der Waals surface area contributed by atoms with Crippen LogP contribution in [0.2, 0.25) is 0 Å². The van der Waals surface area contributed by atoms with Crippen molar-refractivity contribution in [3.05, 3.63) is 60.8 Å². The third-order valence-corrected chi connectivity index (χ3v) is 11.8. The zero-order chi connectivity index (χ0) is 46.9. The molecular formula is C51H88O12S. The summed E-state index contributed by atoms with van der Waals surface area (Å²) in [6, 6.07) is 0. The second kappa shape index (κ2) is 40.6. The highest BCUT2D eigenvalue weighted by molar-refractivity contribution is 7.85. The number of aliphatic hydroxyl groups is 3. The summed E-state index contributed by atoms with van der Waals surface area (Å²) in [7, 11) is -4.61. The van der Waals surface area contributed by atoms with Crippen molar-refractivity contribution < 1.29 is 56.8 Å². The van der Waals surface area contributed by atoms with Crippen LogP contribution in [0.25, 0.3) is 0 Å². The van der Waals surface area contributed by atoms with Gasteiger partial charge < -0.3 is 34.3 Å². The molecule has 1 saturated heterocycles. The van der Waals surface area contributed by atoms with Crippen LogP contribution in [0.1, 0.15) is 194 Å². The van der Waals surface area contributed by atoms with E-state index in [2.05, 4.69) is 74.6 Å². The van der Waals surface area contributed by atoms with Gasteiger partial charge in [0.05, 0.1) is 6.61 Å². The topological polar surface area (TPSA) is 186 Å². The molecule has 6 atom stereocenters. The Kier molecular flexibility index (Phi) is 37.7. The summed E-state index contributed by atoms with van der Waals surface area (Å²) in [6.45, 7) is 3.64. The Morgan fingerprint density at radius 2 is 0.984 bits per heavy atom. The number of ether oxygens (including phenoxy) is 4. The minimum atomic E-state index is -4.61. The Balaban J connectivity index is 2.40. The summed E-state index contributed by atoms with van der Waals surface area (Å²) >= 11 is 0. The lowest BCUT2D eigenvalue weighted by molar-refractivity contribution is -0.297. The molecule has 6 unspecified atom stereocenters. The van der Waals surface area contributed by atoms with E-state index in [9.17, 15) is 37.9 Å². The van der Waals surface area contributed by atoms with Gasteiger partial charge in [0.25, 0.3) is 10.1 Å². The number of carbonyl (C=O) groups excluding carboxylic acids is 2. The highest BCUT2D eigenvalue weighted by Crippen LogP contribution is 2.24. The number of allylic oxidation sites excluding steroid dienone is 10. The Labute approximate surface area is 387 Å². The molecule has 1 heterocycles. The molecule has 12 nitrogen and oxygen atoms in total. The van der Waals surface area contributed by atoms with Crippen LogP contribution >= 0.6 is 0 Å². The van der Waals surface area contributed by atoms with Crippen LogP contribution in [0.3, 0.4) is 0 Å². The zero-order valence-corrected chi connectivity index (χ0v) is 40.4. The van der Waals surface area contributed by atoms with E-state index >= 15 is 0 Å². The van der Waals surface area contributed by atoms with Crippen molar-refractivity contribution in [2.75, 3.05) is 19.0 Å². The minimum absolute atomic E-state index is 0.151. The van der Waals surface area contributed by atoms with Gasteiger partial charge in [-0.1, -0.05) is 164 Å². The maximum atomic E-state index is 12.9. The fourth-order valence-electron chi connectivity index (χ4n) is 7.25. The predicted molar refractivity (Wildman–Crippen MR) is 256 cm³/mol. The number of hydrogen-bond acceptors (Lipinski definition) is 11. The largest absolute Gasteiger partial charge is 0.462 e. The van der Waals surface area contributed by atoms with Crippen molar-refractivity contribution in [3.63, 3.8) is 0 Å². The quantitative estimate of drug-likeness (QED) is 0.0197. The highest BCUT2D eigenvalue weighted by atomic mass is 32.2. The van der Waals surface area contributed by atoms with Gasteiger partial charge >= 0.3 is 11.9 Å². The van der Waals surface area contributed by atoms with Crippen LogP contribution in [0.4, 0.5) is 0 Å². The standard InChI is InChI=1S/C51H88O12S/c1-3-5-7-9-11-13-15-17-19-20-21-22-23-24-26-28-30-32-34-36-38-40-47(53)62-44(42-61-51-50(56)49(55)48(54)45(63-51)43-64(57,58)59)41-60-46(52)39-37-35-33-31-29-27-25-18-16-14-12-10-8-6-4-2/h5,7,11,13,17-19,21-22,25,44-45,48-51,54-56H,3-4,6,8-10,12,14-16,20,23-24,26-43H2,1-2H3,(H,57,58,59)/b7-5-,13-11-,19-17-,22-21-,25-18-. The van der Waals surface area contributed by atoms with Gasteiger partial charge in [-0.3, -0.25) is 14.1 Å². The SMILES string of the molecule is CC/C=C\C/C=C\C/C=C\C/C=C\CCCCCCCCCCC(=O)OC(COC(=O)CCCCCCC/C=C\CCCCCCCC)COC1OC(CS(=O)(=O)O)C(O)C(O)C1O. The third kappa shape index (κ3) is 34.7. The molecule has 0 spiro atoms. The van der Waals surface area contributed by atoms with E-state index in [0.29, 0.717) is 12.8 Å². The monoisotopic (exact) mass is 925 g/mol. The van der Waals surface area contributed by atoms with Crippen LogP contribution in [0.5, 0.6) is 0 Å². The maximum absolute atomic E-state index is 12.9. The fourth-order valence-corrected chi connectivity index (χ4v) is 7.94. The molecule has 64 heavy (non-hydrogen) atoms. The Bertz CT molecular complexity index is 1410. The predicted octanol–water partition coefficient (Wildman–Crippen LogP) is 10.9. The van der Waals surface area contributed by atoms with E-state index in [0.717, 1.165) is 96.3 Å². The molecular weight excluding hydrogens is 837 g/mol. The fraction of sp³-hybridized carbons (Fsp3) is 0.765. The molecule has 1 fully saturated rings. The van der Waals surface area contributed by atoms with Crippen LogP contribution in [-0.2, 0) is 38.7 Å². The minimum Gasteiger partial charge on any atom is -0.462 e. The summed E-state index contributed by atoms with van der Waals surface area (Å²) in [5, 5.41) is 30.9. The van der Waals surface area contributed by atoms with Gasteiger partial charge in [-0.05, 0) is 77.0 Å². The van der Waals surface area contributed by atoms with E-state index in [1.807, 2.05) is 0 Å². The number of rotatable bonds is 41. The first-order valence-electron chi connectivity index (χ1n) is 24.8. The number of unbranched alkanes of at least 4 members (excludes halogenated alkanes) is 19. The summed E-state index contributed by atoms with van der Waals surface area (Å²) in [4.78, 5) is 25.5. The smallest absolute Gasteiger partial charge is 0.306 e. The Morgan fingerprint density at radius 1 is 0.547 bits per heavy atom. The first kappa shape index (κ1) is 59.4. The van der Waals surface area contributed by atoms with Crippen LogP contribution in [-0.4, -0.2) is 96.0 Å². The van der Waals surface area contributed by atoms with Crippen molar-refractivity contribution in [3.8, 4) is 0 Å². The van der Waals surface area contributed by atoms with Gasteiger partial charge in [0, 0.05) is 12.8 Å². The van der Waals surface area contributed by atoms with Gasteiger partial charge in [-0.15, -0.1) is 0 Å². The molecule has 0 aromatic carbocycles. The van der Waals surface area contributed by atoms with Gasteiger partial charge in [0.1, 0.15) is 36.8 Å². The molecule has 370 valence electrons.